The molecule has 0 aliphatic carbocycles. The van der Waals surface area contributed by atoms with E-state index in [9.17, 15) is 4.39 Å². The fraction of sp³-hybridized carbons (Fsp3) is 0.200. The quantitative estimate of drug-likeness (QED) is 0.806. The molecule has 0 saturated carbocycles. The Morgan fingerprint density at radius 1 is 1.25 bits per heavy atom. The van der Waals surface area contributed by atoms with Crippen molar-refractivity contribution in [3.63, 3.8) is 0 Å². The van der Waals surface area contributed by atoms with Crippen molar-refractivity contribution in [1.29, 1.82) is 0 Å². The number of halogens is 2. The lowest BCUT2D eigenvalue weighted by Crippen LogP contribution is -2.02. The Morgan fingerprint density at radius 3 is 2.75 bits per heavy atom. The summed E-state index contributed by atoms with van der Waals surface area (Å²) in [6, 6.07) is 10.8. The molecule has 0 fully saturated rings. The number of hydrogen-bond donors (Lipinski definition) is 2. The lowest BCUT2D eigenvalue weighted by atomic mass is 10.1. The number of rotatable bonds is 5. The van der Waals surface area contributed by atoms with E-state index in [4.69, 9.17) is 10.5 Å². The Bertz CT molecular complexity index is 604. The van der Waals surface area contributed by atoms with Crippen molar-refractivity contribution in [3.05, 3.63) is 52.3 Å². The van der Waals surface area contributed by atoms with Crippen LogP contribution in [0.1, 0.15) is 5.56 Å². The van der Waals surface area contributed by atoms with Gasteiger partial charge in [-0.2, -0.15) is 0 Å². The van der Waals surface area contributed by atoms with E-state index in [0.717, 1.165) is 17.7 Å². The first kappa shape index (κ1) is 14.8. The van der Waals surface area contributed by atoms with Crippen molar-refractivity contribution in [1.82, 2.24) is 0 Å². The zero-order valence-corrected chi connectivity index (χ0v) is 12.7. The molecule has 0 bridgehead atoms. The molecule has 0 heterocycles. The van der Waals surface area contributed by atoms with Crippen LogP contribution in [0.15, 0.2) is 40.9 Å². The highest BCUT2D eigenvalue weighted by Crippen LogP contribution is 2.30. The van der Waals surface area contributed by atoms with Crippen molar-refractivity contribution >= 4 is 33.0 Å². The zero-order chi connectivity index (χ0) is 14.5. The van der Waals surface area contributed by atoms with Crippen LogP contribution >= 0.6 is 15.9 Å². The number of benzene rings is 2. The third-order valence-electron chi connectivity index (χ3n) is 2.95. The molecular formula is C15H16BrFN2O. The van der Waals surface area contributed by atoms with Crippen molar-refractivity contribution in [2.24, 2.45) is 0 Å². The van der Waals surface area contributed by atoms with Crippen LogP contribution in [0, 0.1) is 5.82 Å². The minimum absolute atomic E-state index is 0.351. The Morgan fingerprint density at radius 2 is 2.00 bits per heavy atom. The topological polar surface area (TPSA) is 47.3 Å². The molecule has 106 valence electrons. The SMILES string of the molecule is COCCc1ccccc1Nc1cc(F)c(Br)cc1N. The van der Waals surface area contributed by atoms with Gasteiger partial charge in [0.1, 0.15) is 5.82 Å². The van der Waals surface area contributed by atoms with Gasteiger partial charge < -0.3 is 15.8 Å². The van der Waals surface area contributed by atoms with E-state index in [-0.39, 0.29) is 5.82 Å². The van der Waals surface area contributed by atoms with Gasteiger partial charge in [-0.3, -0.25) is 0 Å². The third kappa shape index (κ3) is 3.49. The first-order chi connectivity index (χ1) is 9.61. The average molecular weight is 339 g/mol. The van der Waals surface area contributed by atoms with E-state index < -0.39 is 0 Å². The number of nitrogens with one attached hydrogen (secondary N) is 1. The van der Waals surface area contributed by atoms with E-state index in [1.165, 1.54) is 6.07 Å². The zero-order valence-electron chi connectivity index (χ0n) is 11.1. The van der Waals surface area contributed by atoms with E-state index in [1.807, 2.05) is 24.3 Å². The van der Waals surface area contributed by atoms with E-state index >= 15 is 0 Å². The van der Waals surface area contributed by atoms with Crippen LogP contribution in [0.3, 0.4) is 0 Å². The lowest BCUT2D eigenvalue weighted by molar-refractivity contribution is 0.202. The van der Waals surface area contributed by atoms with Crippen molar-refractivity contribution in [2.45, 2.75) is 6.42 Å². The predicted octanol–water partition coefficient (Wildman–Crippen LogP) is 4.10. The number of ether oxygens (including phenoxy) is 1. The maximum atomic E-state index is 13.6. The Kier molecular flexibility index (Phi) is 4.98. The molecule has 0 aromatic heterocycles. The molecule has 5 heteroatoms. The van der Waals surface area contributed by atoms with Gasteiger partial charge in [0.25, 0.3) is 0 Å². The molecule has 0 aliphatic rings. The Balaban J connectivity index is 2.28. The van der Waals surface area contributed by atoms with Crippen LogP contribution in [0.25, 0.3) is 0 Å². The number of methoxy groups -OCH3 is 1. The molecule has 0 atom stereocenters. The van der Waals surface area contributed by atoms with Gasteiger partial charge >= 0.3 is 0 Å². The summed E-state index contributed by atoms with van der Waals surface area (Å²) < 4.78 is 19.0. The predicted molar refractivity (Wildman–Crippen MR) is 83.8 cm³/mol. The highest BCUT2D eigenvalue weighted by molar-refractivity contribution is 9.10. The summed E-state index contributed by atoms with van der Waals surface area (Å²) in [6.07, 6.45) is 0.776. The Hall–Kier alpha value is -1.59. The average Bonchev–Trinajstić information content (AvgIpc) is 2.44. The van der Waals surface area contributed by atoms with Crippen molar-refractivity contribution in [2.75, 3.05) is 24.8 Å². The molecule has 0 aliphatic heterocycles. The van der Waals surface area contributed by atoms with Crippen molar-refractivity contribution in [3.8, 4) is 0 Å². The summed E-state index contributed by atoms with van der Waals surface area (Å²) in [5.41, 5.74) is 8.94. The molecule has 2 aromatic carbocycles. The molecule has 2 aromatic rings. The largest absolute Gasteiger partial charge is 0.397 e. The molecule has 0 saturated heterocycles. The van der Waals surface area contributed by atoms with Gasteiger partial charge in [-0.1, -0.05) is 18.2 Å². The van der Waals surface area contributed by atoms with Gasteiger partial charge in [-0.05, 0) is 40.0 Å². The molecule has 3 N–H and O–H groups in total. The van der Waals surface area contributed by atoms with Gasteiger partial charge in [-0.15, -0.1) is 0 Å². The molecule has 2 rings (SSSR count). The van der Waals surface area contributed by atoms with Crippen LogP contribution in [-0.2, 0) is 11.2 Å². The van der Waals surface area contributed by atoms with Gasteiger partial charge in [-0.25, -0.2) is 4.39 Å². The summed E-state index contributed by atoms with van der Waals surface area (Å²) in [4.78, 5) is 0. The number of nitrogens with two attached hydrogens (primary N) is 1. The van der Waals surface area contributed by atoms with E-state index in [0.29, 0.717) is 22.5 Å². The van der Waals surface area contributed by atoms with E-state index in [2.05, 4.69) is 21.2 Å². The second kappa shape index (κ2) is 6.72. The number of anilines is 3. The third-order valence-corrected chi connectivity index (χ3v) is 3.56. The first-order valence-electron chi connectivity index (χ1n) is 6.20. The first-order valence-corrected chi connectivity index (χ1v) is 6.99. The molecular weight excluding hydrogens is 323 g/mol. The molecule has 0 spiro atoms. The summed E-state index contributed by atoms with van der Waals surface area (Å²) in [5.74, 6) is -0.351. The van der Waals surface area contributed by atoms with Gasteiger partial charge in [0, 0.05) is 18.9 Å². The smallest absolute Gasteiger partial charge is 0.139 e. The van der Waals surface area contributed by atoms with Crippen LogP contribution in [0.4, 0.5) is 21.5 Å². The summed E-state index contributed by atoms with van der Waals surface area (Å²) in [6.45, 7) is 0.628. The standard InChI is InChI=1S/C15H16BrFN2O/c1-20-7-6-10-4-2-3-5-14(10)19-15-9-12(17)11(16)8-13(15)18/h2-5,8-9,19H,6-7,18H2,1H3. The second-order valence-corrected chi connectivity index (χ2v) is 5.23. The van der Waals surface area contributed by atoms with Crippen LogP contribution in [0.5, 0.6) is 0 Å². The molecule has 3 nitrogen and oxygen atoms in total. The molecule has 0 radical (unpaired) electrons. The maximum absolute atomic E-state index is 13.6. The van der Waals surface area contributed by atoms with E-state index in [1.54, 1.807) is 13.2 Å². The van der Waals surface area contributed by atoms with Gasteiger partial charge in [0.05, 0.1) is 22.5 Å². The monoisotopic (exact) mass is 338 g/mol. The second-order valence-electron chi connectivity index (χ2n) is 4.38. The molecule has 0 amide bonds. The van der Waals surface area contributed by atoms with Crippen LogP contribution in [0.2, 0.25) is 0 Å². The van der Waals surface area contributed by atoms with Crippen molar-refractivity contribution < 1.29 is 9.13 Å². The maximum Gasteiger partial charge on any atom is 0.139 e. The fourth-order valence-corrected chi connectivity index (χ4v) is 2.25. The van der Waals surface area contributed by atoms with Crippen LogP contribution < -0.4 is 11.1 Å². The summed E-state index contributed by atoms with van der Waals surface area (Å²) in [7, 11) is 1.66. The highest BCUT2D eigenvalue weighted by Gasteiger charge is 2.08. The Labute approximate surface area is 126 Å². The minimum atomic E-state index is -0.351. The highest BCUT2D eigenvalue weighted by atomic mass is 79.9. The van der Waals surface area contributed by atoms with Gasteiger partial charge in [0.15, 0.2) is 0 Å². The van der Waals surface area contributed by atoms with Gasteiger partial charge in [0.2, 0.25) is 0 Å². The minimum Gasteiger partial charge on any atom is -0.397 e. The molecule has 0 unspecified atom stereocenters. The number of nitrogen functional groups attached to an aromatic ring is 1. The number of para-hydroxylation sites is 1. The molecule has 20 heavy (non-hydrogen) atoms. The normalized spacial score (nSPS) is 10.6. The summed E-state index contributed by atoms with van der Waals surface area (Å²) >= 11 is 3.11. The number of hydrogen-bond acceptors (Lipinski definition) is 3. The lowest BCUT2D eigenvalue weighted by Gasteiger charge is -2.14. The van der Waals surface area contributed by atoms with Crippen LogP contribution in [-0.4, -0.2) is 13.7 Å². The fourth-order valence-electron chi connectivity index (χ4n) is 1.89. The summed E-state index contributed by atoms with van der Waals surface area (Å²) in [5, 5.41) is 3.18.